The first kappa shape index (κ1) is 23.1. The molecule has 1 saturated heterocycles. The topological polar surface area (TPSA) is 96.2 Å². The van der Waals surface area contributed by atoms with E-state index in [0.29, 0.717) is 11.3 Å². The first-order valence-corrected chi connectivity index (χ1v) is 12.0. The van der Waals surface area contributed by atoms with Gasteiger partial charge in [0.15, 0.2) is 11.6 Å². The van der Waals surface area contributed by atoms with Gasteiger partial charge in [0.25, 0.3) is 0 Å². The van der Waals surface area contributed by atoms with E-state index in [1.165, 1.54) is 20.0 Å². The van der Waals surface area contributed by atoms with Gasteiger partial charge in [0.1, 0.15) is 11.4 Å². The van der Waals surface area contributed by atoms with Crippen LogP contribution >= 0.6 is 0 Å². The van der Waals surface area contributed by atoms with Crippen molar-refractivity contribution in [1.29, 1.82) is 0 Å². The van der Waals surface area contributed by atoms with Crippen LogP contribution in [0.3, 0.4) is 0 Å². The molecular weight excluding hydrogens is 452 g/mol. The van der Waals surface area contributed by atoms with Crippen LogP contribution in [0.1, 0.15) is 13.8 Å². The fourth-order valence-corrected chi connectivity index (χ4v) is 4.11. The average Bonchev–Trinajstić information content (AvgIpc) is 3.26. The highest BCUT2D eigenvalue weighted by molar-refractivity contribution is 7.93. The molecule has 2 aromatic heterocycles. The van der Waals surface area contributed by atoms with Crippen molar-refractivity contribution in [2.45, 2.75) is 19.1 Å². The van der Waals surface area contributed by atoms with Gasteiger partial charge in [-0.25, -0.2) is 21.9 Å². The van der Waals surface area contributed by atoms with Gasteiger partial charge in [0.05, 0.1) is 29.0 Å². The number of pyridine rings is 1. The van der Waals surface area contributed by atoms with Crippen LogP contribution in [-0.2, 0) is 10.0 Å². The SMILES string of the molecule is CC(C)S(=O)(=O)Nc1ccc(F)c(-n2cc(-c3cncc(N4CCN(C)CC4)c3)nn2)c1F. The molecule has 0 atom stereocenters. The zero-order valence-electron chi connectivity index (χ0n) is 18.5. The predicted molar refractivity (Wildman–Crippen MR) is 122 cm³/mol. The van der Waals surface area contributed by atoms with Gasteiger partial charge in [0, 0.05) is 37.9 Å². The third-order valence-corrected chi connectivity index (χ3v) is 7.30. The second-order valence-corrected chi connectivity index (χ2v) is 10.5. The number of likely N-dealkylation sites (N-methyl/N-ethyl adjacent to an activating group) is 1. The molecule has 0 spiro atoms. The maximum atomic E-state index is 15.1. The van der Waals surface area contributed by atoms with Crippen LogP contribution in [-0.4, -0.2) is 71.8 Å². The minimum absolute atomic E-state index is 0.365. The number of nitrogens with zero attached hydrogens (tertiary/aromatic N) is 6. The minimum Gasteiger partial charge on any atom is -0.368 e. The van der Waals surface area contributed by atoms with E-state index in [4.69, 9.17) is 0 Å². The van der Waals surface area contributed by atoms with Crippen molar-refractivity contribution in [3.63, 3.8) is 0 Å². The number of sulfonamides is 1. The lowest BCUT2D eigenvalue weighted by Gasteiger charge is -2.33. The third-order valence-electron chi connectivity index (χ3n) is 5.55. The van der Waals surface area contributed by atoms with Crippen molar-refractivity contribution in [2.75, 3.05) is 42.8 Å². The molecule has 1 N–H and O–H groups in total. The summed E-state index contributed by atoms with van der Waals surface area (Å²) in [6.45, 7) is 6.52. The fraction of sp³-hybridized carbons (Fsp3) is 0.381. The summed E-state index contributed by atoms with van der Waals surface area (Å²) in [6.07, 6.45) is 4.75. The van der Waals surface area contributed by atoms with Gasteiger partial charge >= 0.3 is 0 Å². The van der Waals surface area contributed by atoms with Crippen LogP contribution in [0.5, 0.6) is 0 Å². The monoisotopic (exact) mass is 477 g/mol. The molecule has 1 aliphatic heterocycles. The molecule has 9 nitrogen and oxygen atoms in total. The van der Waals surface area contributed by atoms with E-state index < -0.39 is 32.6 Å². The Hall–Kier alpha value is -3.12. The fourth-order valence-electron chi connectivity index (χ4n) is 3.41. The van der Waals surface area contributed by atoms with Crippen LogP contribution < -0.4 is 9.62 Å². The molecule has 0 bridgehead atoms. The summed E-state index contributed by atoms with van der Waals surface area (Å²) in [6, 6.07) is 3.93. The van der Waals surface area contributed by atoms with E-state index in [-0.39, 0.29) is 5.69 Å². The van der Waals surface area contributed by atoms with Gasteiger partial charge in [-0.3, -0.25) is 9.71 Å². The van der Waals surface area contributed by atoms with Gasteiger partial charge in [-0.05, 0) is 39.1 Å². The van der Waals surface area contributed by atoms with Crippen LogP contribution in [0.4, 0.5) is 20.2 Å². The number of nitrogens with one attached hydrogen (secondary N) is 1. The highest BCUT2D eigenvalue weighted by Gasteiger charge is 2.23. The van der Waals surface area contributed by atoms with Gasteiger partial charge in [-0.1, -0.05) is 5.21 Å². The first-order chi connectivity index (χ1) is 15.7. The van der Waals surface area contributed by atoms with Crippen LogP contribution in [0, 0.1) is 11.6 Å². The lowest BCUT2D eigenvalue weighted by atomic mass is 10.2. The molecule has 0 amide bonds. The highest BCUT2D eigenvalue weighted by Crippen LogP contribution is 2.28. The van der Waals surface area contributed by atoms with Gasteiger partial charge in [-0.2, -0.15) is 0 Å². The van der Waals surface area contributed by atoms with E-state index >= 15 is 4.39 Å². The quantitative estimate of drug-likeness (QED) is 0.583. The maximum absolute atomic E-state index is 15.1. The largest absolute Gasteiger partial charge is 0.368 e. The van der Waals surface area contributed by atoms with Crippen molar-refractivity contribution < 1.29 is 17.2 Å². The summed E-state index contributed by atoms with van der Waals surface area (Å²) in [7, 11) is -1.74. The zero-order chi connectivity index (χ0) is 23.8. The third kappa shape index (κ3) is 4.81. The van der Waals surface area contributed by atoms with E-state index in [9.17, 15) is 12.8 Å². The number of halogens is 2. The minimum atomic E-state index is -3.82. The number of aromatic nitrogens is 4. The molecule has 0 saturated carbocycles. The number of benzene rings is 1. The van der Waals surface area contributed by atoms with E-state index in [2.05, 4.69) is 36.9 Å². The van der Waals surface area contributed by atoms with Crippen molar-refractivity contribution >= 4 is 21.4 Å². The van der Waals surface area contributed by atoms with Gasteiger partial charge < -0.3 is 9.80 Å². The number of hydrogen-bond donors (Lipinski definition) is 1. The van der Waals surface area contributed by atoms with Crippen LogP contribution in [0.2, 0.25) is 0 Å². The van der Waals surface area contributed by atoms with Crippen molar-refractivity contribution in [3.05, 3.63) is 48.4 Å². The van der Waals surface area contributed by atoms with Gasteiger partial charge in [-0.15, -0.1) is 5.10 Å². The smallest absolute Gasteiger partial charge is 0.235 e. The summed E-state index contributed by atoms with van der Waals surface area (Å²) in [5, 5.41) is 7.13. The summed E-state index contributed by atoms with van der Waals surface area (Å²) in [5.74, 6) is -1.99. The number of anilines is 2. The summed E-state index contributed by atoms with van der Waals surface area (Å²) in [4.78, 5) is 8.75. The molecule has 1 aliphatic rings. The van der Waals surface area contributed by atoms with E-state index in [1.54, 1.807) is 12.4 Å². The van der Waals surface area contributed by atoms with Crippen LogP contribution in [0.25, 0.3) is 16.9 Å². The van der Waals surface area contributed by atoms with E-state index in [1.807, 2.05) is 6.07 Å². The Bertz CT molecular complexity index is 1260. The Morgan fingerprint density at radius 2 is 1.82 bits per heavy atom. The van der Waals surface area contributed by atoms with E-state index in [0.717, 1.165) is 48.7 Å². The second kappa shape index (κ2) is 9.02. The standard InChI is InChI=1S/C21H25F2N7O2S/c1-14(2)33(31,32)26-18-5-4-17(22)21(20(18)23)30-13-19(25-27-30)15-10-16(12-24-11-15)29-8-6-28(3)7-9-29/h4-5,10-14,26H,6-9H2,1-3H3. The Morgan fingerprint density at radius 3 is 2.52 bits per heavy atom. The zero-order valence-corrected chi connectivity index (χ0v) is 19.4. The predicted octanol–water partition coefficient (Wildman–Crippen LogP) is 2.51. The average molecular weight is 478 g/mol. The van der Waals surface area contributed by atoms with Gasteiger partial charge in [0.2, 0.25) is 10.0 Å². The van der Waals surface area contributed by atoms with Crippen molar-refractivity contribution in [3.8, 4) is 16.9 Å². The summed E-state index contributed by atoms with van der Waals surface area (Å²) < 4.78 is 57.0. The highest BCUT2D eigenvalue weighted by atomic mass is 32.2. The Balaban J connectivity index is 1.64. The molecule has 12 heteroatoms. The second-order valence-electron chi connectivity index (χ2n) is 8.22. The summed E-state index contributed by atoms with van der Waals surface area (Å²) >= 11 is 0. The molecule has 4 rings (SSSR count). The maximum Gasteiger partial charge on any atom is 0.235 e. The molecule has 3 aromatic rings. The molecule has 0 unspecified atom stereocenters. The first-order valence-electron chi connectivity index (χ1n) is 10.5. The molecule has 3 heterocycles. The lowest BCUT2D eigenvalue weighted by Crippen LogP contribution is -2.44. The summed E-state index contributed by atoms with van der Waals surface area (Å²) in [5.41, 5.74) is 1.06. The Morgan fingerprint density at radius 1 is 1.09 bits per heavy atom. The number of hydrogen-bond acceptors (Lipinski definition) is 7. The molecule has 0 radical (unpaired) electrons. The number of piperazine rings is 1. The lowest BCUT2D eigenvalue weighted by molar-refractivity contribution is 0.313. The number of rotatable bonds is 6. The molecule has 0 aliphatic carbocycles. The van der Waals surface area contributed by atoms with Crippen molar-refractivity contribution in [2.24, 2.45) is 0 Å². The Labute approximate surface area is 191 Å². The van der Waals surface area contributed by atoms with Crippen molar-refractivity contribution in [1.82, 2.24) is 24.9 Å². The van der Waals surface area contributed by atoms with Crippen LogP contribution in [0.15, 0.2) is 36.8 Å². The molecule has 1 fully saturated rings. The molecule has 33 heavy (non-hydrogen) atoms. The Kier molecular flexibility index (Phi) is 6.30. The molecule has 176 valence electrons. The molecule has 1 aromatic carbocycles. The normalized spacial score (nSPS) is 15.3. The molecular formula is C21H25F2N7O2S.